The third-order valence-corrected chi connectivity index (χ3v) is 5.78. The van der Waals surface area contributed by atoms with Crippen molar-refractivity contribution >= 4 is 22.3 Å². The van der Waals surface area contributed by atoms with Crippen LogP contribution in [-0.4, -0.2) is 31.5 Å². The largest absolute Gasteiger partial charge is 0.383 e. The number of hydrogen-bond donors (Lipinski definition) is 2. The summed E-state index contributed by atoms with van der Waals surface area (Å²) in [5, 5.41) is 34.5. The molecule has 1 atom stereocenters. The maximum absolute atomic E-state index is 15.0. The molecular weight excluding hydrogens is 476 g/mol. The first-order valence-corrected chi connectivity index (χ1v) is 11.5. The Hall–Kier alpha value is -4.64. The molecule has 1 aromatic carbocycles. The first-order chi connectivity index (χ1) is 17.5. The van der Waals surface area contributed by atoms with Crippen LogP contribution in [0.5, 0.6) is 0 Å². The minimum Gasteiger partial charge on any atom is -0.383 e. The summed E-state index contributed by atoms with van der Waals surface area (Å²) in [6.45, 7) is 8.35. The Morgan fingerprint density at radius 3 is 2.43 bits per heavy atom. The highest BCUT2D eigenvalue weighted by Crippen LogP contribution is 2.35. The Kier molecular flexibility index (Phi) is 6.73. The maximum atomic E-state index is 15.0. The molecule has 0 fully saturated rings. The SMILES string of the molecule is Cc1nc(F)ccc1[C@H](Nc1cc(C#N)c2ncc(C#N)c(NCC(C)(C)C)c2c1)c1nnn(C)c1F. The van der Waals surface area contributed by atoms with E-state index in [4.69, 9.17) is 0 Å². The monoisotopic (exact) mass is 501 g/mol. The Bertz CT molecular complexity index is 1570. The second-order valence-corrected chi connectivity index (χ2v) is 9.88. The summed E-state index contributed by atoms with van der Waals surface area (Å²) >= 11 is 0. The molecule has 2 N–H and O–H groups in total. The number of hydrogen-bond acceptors (Lipinski definition) is 8. The van der Waals surface area contributed by atoms with Gasteiger partial charge >= 0.3 is 0 Å². The molecule has 0 radical (unpaired) electrons. The maximum Gasteiger partial charge on any atom is 0.237 e. The molecule has 0 saturated carbocycles. The summed E-state index contributed by atoms with van der Waals surface area (Å²) in [5.74, 6) is -1.34. The fraction of sp³-hybridized carbons (Fsp3) is 0.308. The highest BCUT2D eigenvalue weighted by Gasteiger charge is 2.26. The number of pyridine rings is 2. The van der Waals surface area contributed by atoms with E-state index in [0.29, 0.717) is 45.6 Å². The van der Waals surface area contributed by atoms with Crippen molar-refractivity contribution in [2.45, 2.75) is 33.7 Å². The fourth-order valence-corrected chi connectivity index (χ4v) is 3.94. The van der Waals surface area contributed by atoms with Crippen LogP contribution < -0.4 is 10.6 Å². The van der Waals surface area contributed by atoms with E-state index in [9.17, 15) is 19.3 Å². The minimum atomic E-state index is -0.899. The van der Waals surface area contributed by atoms with Gasteiger partial charge in [-0.25, -0.2) is 9.67 Å². The third kappa shape index (κ3) is 5.16. The first-order valence-electron chi connectivity index (χ1n) is 11.5. The average molecular weight is 502 g/mol. The van der Waals surface area contributed by atoms with Gasteiger partial charge in [0.25, 0.3) is 0 Å². The number of aromatic nitrogens is 5. The van der Waals surface area contributed by atoms with Gasteiger partial charge in [0.05, 0.1) is 22.3 Å². The molecule has 11 heteroatoms. The third-order valence-electron chi connectivity index (χ3n) is 5.78. The van der Waals surface area contributed by atoms with Crippen LogP contribution in [0.15, 0.2) is 30.5 Å². The van der Waals surface area contributed by atoms with Crippen LogP contribution in [0.2, 0.25) is 0 Å². The molecule has 188 valence electrons. The molecule has 0 amide bonds. The quantitative estimate of drug-likeness (QED) is 0.362. The topological polar surface area (TPSA) is 128 Å². The molecule has 0 aliphatic carbocycles. The zero-order valence-electron chi connectivity index (χ0n) is 21.1. The summed E-state index contributed by atoms with van der Waals surface area (Å²) < 4.78 is 29.7. The van der Waals surface area contributed by atoms with Crippen molar-refractivity contribution in [2.24, 2.45) is 12.5 Å². The van der Waals surface area contributed by atoms with Gasteiger partial charge in [-0.1, -0.05) is 32.1 Å². The molecule has 4 rings (SSSR count). The highest BCUT2D eigenvalue weighted by atomic mass is 19.1. The van der Waals surface area contributed by atoms with E-state index in [1.807, 2.05) is 0 Å². The van der Waals surface area contributed by atoms with Crippen molar-refractivity contribution in [3.63, 3.8) is 0 Å². The van der Waals surface area contributed by atoms with Gasteiger partial charge in [0, 0.05) is 42.1 Å². The Balaban J connectivity index is 1.90. The van der Waals surface area contributed by atoms with Gasteiger partial charge in [-0.15, -0.1) is 5.10 Å². The Morgan fingerprint density at radius 2 is 1.84 bits per heavy atom. The second kappa shape index (κ2) is 9.78. The van der Waals surface area contributed by atoms with Crippen LogP contribution in [-0.2, 0) is 7.05 Å². The lowest BCUT2D eigenvalue weighted by Crippen LogP contribution is -2.20. The molecule has 0 saturated heterocycles. The minimum absolute atomic E-state index is 0.0207. The number of nitrogens with one attached hydrogen (secondary N) is 2. The van der Waals surface area contributed by atoms with Gasteiger partial charge in [-0.05, 0) is 30.5 Å². The number of nitriles is 2. The van der Waals surface area contributed by atoms with Crippen LogP contribution in [0.3, 0.4) is 0 Å². The molecule has 0 spiro atoms. The summed E-state index contributed by atoms with van der Waals surface area (Å²) in [6, 6.07) is 9.42. The van der Waals surface area contributed by atoms with Gasteiger partial charge in [0.15, 0.2) is 0 Å². The fourth-order valence-electron chi connectivity index (χ4n) is 3.94. The van der Waals surface area contributed by atoms with E-state index < -0.39 is 17.9 Å². The summed E-state index contributed by atoms with van der Waals surface area (Å²) in [6.07, 6.45) is 1.44. The molecule has 9 nitrogen and oxygen atoms in total. The van der Waals surface area contributed by atoms with Crippen LogP contribution in [0.1, 0.15) is 54.9 Å². The average Bonchev–Trinajstić information content (AvgIpc) is 3.18. The lowest BCUT2D eigenvalue weighted by Gasteiger charge is -2.23. The molecule has 0 bridgehead atoms. The number of halogens is 2. The van der Waals surface area contributed by atoms with Crippen molar-refractivity contribution in [1.29, 1.82) is 10.5 Å². The number of rotatable bonds is 6. The standard InChI is InChI=1S/C26H25F2N9/c1-14-18(6-7-20(27)33-14)23(24-25(28)37(5)36-35-24)34-17-8-15(10-29)21-19(9-17)22(16(11-30)12-31-21)32-13-26(2,3)4/h6-9,12,23,34H,13H2,1-5H3,(H,31,32)/t23-/m0/s1. The molecule has 3 heterocycles. The summed E-state index contributed by atoms with van der Waals surface area (Å²) in [4.78, 5) is 8.23. The van der Waals surface area contributed by atoms with Crippen molar-refractivity contribution in [2.75, 3.05) is 17.2 Å². The number of anilines is 2. The predicted octanol–water partition coefficient (Wildman–Crippen LogP) is 4.75. The smallest absolute Gasteiger partial charge is 0.237 e. The molecule has 0 aliphatic rings. The Labute approximate surface area is 212 Å². The number of fused-ring (bicyclic) bond motifs is 1. The lowest BCUT2D eigenvalue weighted by molar-refractivity contribution is 0.443. The van der Waals surface area contributed by atoms with E-state index >= 15 is 0 Å². The van der Waals surface area contributed by atoms with E-state index in [0.717, 1.165) is 4.68 Å². The van der Waals surface area contributed by atoms with E-state index in [1.165, 1.54) is 25.4 Å². The van der Waals surface area contributed by atoms with Gasteiger partial charge in [0.2, 0.25) is 11.9 Å². The zero-order chi connectivity index (χ0) is 26.9. The van der Waals surface area contributed by atoms with Gasteiger partial charge < -0.3 is 10.6 Å². The molecule has 4 aromatic rings. The molecule has 3 aromatic heterocycles. The van der Waals surface area contributed by atoms with Crippen molar-refractivity contribution in [3.8, 4) is 12.1 Å². The normalized spacial score (nSPS) is 12.1. The number of nitrogens with zero attached hydrogens (tertiary/aromatic N) is 7. The van der Waals surface area contributed by atoms with Crippen LogP contribution in [0, 0.1) is 46.9 Å². The van der Waals surface area contributed by atoms with E-state index in [1.54, 1.807) is 19.1 Å². The van der Waals surface area contributed by atoms with Crippen molar-refractivity contribution in [1.82, 2.24) is 25.0 Å². The number of aryl methyl sites for hydroxylation is 2. The second-order valence-electron chi connectivity index (χ2n) is 9.88. The van der Waals surface area contributed by atoms with Crippen LogP contribution >= 0.6 is 0 Å². The van der Waals surface area contributed by atoms with Crippen molar-refractivity contribution in [3.05, 3.63) is 70.4 Å². The molecule has 0 aliphatic heterocycles. The van der Waals surface area contributed by atoms with Crippen molar-refractivity contribution < 1.29 is 8.78 Å². The highest BCUT2D eigenvalue weighted by molar-refractivity contribution is 5.99. The molecule has 0 unspecified atom stereocenters. The van der Waals surface area contributed by atoms with Gasteiger partial charge in [0.1, 0.15) is 23.9 Å². The first kappa shape index (κ1) is 25.5. The van der Waals surface area contributed by atoms with Crippen LogP contribution in [0.25, 0.3) is 10.9 Å². The summed E-state index contributed by atoms with van der Waals surface area (Å²) in [7, 11) is 1.42. The molecular formula is C26H25F2N9. The predicted molar refractivity (Wildman–Crippen MR) is 134 cm³/mol. The Morgan fingerprint density at radius 1 is 1.11 bits per heavy atom. The zero-order valence-corrected chi connectivity index (χ0v) is 21.1. The van der Waals surface area contributed by atoms with E-state index in [-0.39, 0.29) is 16.7 Å². The van der Waals surface area contributed by atoms with Gasteiger partial charge in [-0.2, -0.15) is 19.3 Å². The number of benzene rings is 1. The van der Waals surface area contributed by atoms with Crippen LogP contribution in [0.4, 0.5) is 20.2 Å². The summed E-state index contributed by atoms with van der Waals surface area (Å²) in [5.41, 5.74) is 2.71. The van der Waals surface area contributed by atoms with Gasteiger partial charge in [-0.3, -0.25) is 4.98 Å². The van der Waals surface area contributed by atoms with E-state index in [2.05, 4.69) is 63.8 Å². The lowest BCUT2D eigenvalue weighted by atomic mass is 9.96. The molecule has 37 heavy (non-hydrogen) atoms.